The highest BCUT2D eigenvalue weighted by Crippen LogP contribution is 2.62. The van der Waals surface area contributed by atoms with Gasteiger partial charge in [-0.25, -0.2) is 0 Å². The predicted molar refractivity (Wildman–Crippen MR) is 74.3 cm³/mol. The van der Waals surface area contributed by atoms with Crippen molar-refractivity contribution in [2.75, 3.05) is 0 Å². The molecular weight excluding hydrogens is 220 g/mol. The highest BCUT2D eigenvalue weighted by molar-refractivity contribution is 5.32. The summed E-state index contributed by atoms with van der Waals surface area (Å²) in [5, 5.41) is 0. The molecule has 1 aliphatic heterocycles. The molecule has 1 aliphatic carbocycles. The molecule has 2 aliphatic rings. The highest BCUT2D eigenvalue weighted by atomic mass is 16.5. The van der Waals surface area contributed by atoms with Crippen molar-refractivity contribution in [3.05, 3.63) is 48.0 Å². The summed E-state index contributed by atoms with van der Waals surface area (Å²) in [6.07, 6.45) is 2.56. The van der Waals surface area contributed by atoms with Crippen molar-refractivity contribution in [3.63, 3.8) is 0 Å². The van der Waals surface area contributed by atoms with Crippen LogP contribution >= 0.6 is 0 Å². The number of hydrogen-bond acceptors (Lipinski definition) is 1. The van der Waals surface area contributed by atoms with Gasteiger partial charge in [0.05, 0.1) is 11.7 Å². The first kappa shape index (κ1) is 12.0. The Hall–Kier alpha value is -1.08. The Balaban J connectivity index is 2.07. The first-order chi connectivity index (χ1) is 8.45. The van der Waals surface area contributed by atoms with E-state index in [-0.39, 0.29) is 17.1 Å². The number of ether oxygens (including phenoxy) is 1. The Morgan fingerprint density at radius 3 is 2.50 bits per heavy atom. The van der Waals surface area contributed by atoms with Gasteiger partial charge in [-0.15, -0.1) is 0 Å². The number of benzene rings is 1. The summed E-state index contributed by atoms with van der Waals surface area (Å²) in [6.45, 7) is 11.1. The third-order valence-electron chi connectivity index (χ3n) is 5.05. The average molecular weight is 242 g/mol. The van der Waals surface area contributed by atoms with Crippen molar-refractivity contribution >= 4 is 0 Å². The zero-order chi connectivity index (χ0) is 13.0. The first-order valence-corrected chi connectivity index (χ1v) is 6.87. The van der Waals surface area contributed by atoms with Crippen LogP contribution in [0.2, 0.25) is 0 Å². The molecule has 1 aromatic rings. The van der Waals surface area contributed by atoms with E-state index in [2.05, 4.69) is 57.7 Å². The number of hydrogen-bond donors (Lipinski definition) is 0. The molecule has 1 heterocycles. The first-order valence-electron chi connectivity index (χ1n) is 6.87. The lowest BCUT2D eigenvalue weighted by Crippen LogP contribution is -2.44. The molecule has 0 N–H and O–H groups in total. The van der Waals surface area contributed by atoms with Crippen LogP contribution in [0.5, 0.6) is 0 Å². The van der Waals surface area contributed by atoms with Crippen LogP contribution in [0.25, 0.3) is 0 Å². The van der Waals surface area contributed by atoms with Crippen LogP contribution in [-0.2, 0) is 4.74 Å². The van der Waals surface area contributed by atoms with Gasteiger partial charge in [0, 0.05) is 11.3 Å². The van der Waals surface area contributed by atoms with E-state index in [0.717, 1.165) is 0 Å². The Kier molecular flexibility index (Phi) is 2.47. The summed E-state index contributed by atoms with van der Waals surface area (Å²) in [4.78, 5) is 0. The average Bonchev–Trinajstić information content (AvgIpc) is 2.59. The van der Waals surface area contributed by atoms with Crippen LogP contribution in [0.3, 0.4) is 0 Å². The molecule has 0 radical (unpaired) electrons. The van der Waals surface area contributed by atoms with E-state index >= 15 is 0 Å². The minimum atomic E-state index is -0.0897. The van der Waals surface area contributed by atoms with Crippen LogP contribution in [0, 0.1) is 11.3 Å². The highest BCUT2D eigenvalue weighted by Gasteiger charge is 2.56. The van der Waals surface area contributed by atoms with E-state index in [0.29, 0.717) is 5.92 Å². The Bertz CT molecular complexity index is 474. The van der Waals surface area contributed by atoms with Gasteiger partial charge in [0.15, 0.2) is 0 Å². The van der Waals surface area contributed by atoms with Gasteiger partial charge in [-0.2, -0.15) is 0 Å². The lowest BCUT2D eigenvalue weighted by Gasteiger charge is -2.48. The fourth-order valence-electron chi connectivity index (χ4n) is 3.82. The molecular formula is C17H22O. The van der Waals surface area contributed by atoms with Crippen molar-refractivity contribution in [1.29, 1.82) is 0 Å². The third kappa shape index (κ3) is 1.50. The van der Waals surface area contributed by atoms with E-state index in [1.165, 1.54) is 24.0 Å². The quantitative estimate of drug-likeness (QED) is 0.658. The molecule has 1 saturated carbocycles. The Morgan fingerprint density at radius 1 is 1.17 bits per heavy atom. The monoisotopic (exact) mass is 242 g/mol. The van der Waals surface area contributed by atoms with Gasteiger partial charge in [0.1, 0.15) is 0 Å². The second-order valence-electron chi connectivity index (χ2n) is 6.55. The van der Waals surface area contributed by atoms with Gasteiger partial charge in [-0.3, -0.25) is 0 Å². The van der Waals surface area contributed by atoms with Crippen molar-refractivity contribution in [1.82, 2.24) is 0 Å². The van der Waals surface area contributed by atoms with Crippen molar-refractivity contribution in [2.45, 2.75) is 45.3 Å². The fraction of sp³-hybridized carbons (Fsp3) is 0.529. The Morgan fingerprint density at radius 2 is 1.83 bits per heavy atom. The lowest BCUT2D eigenvalue weighted by molar-refractivity contribution is -0.148. The molecule has 1 heteroatoms. The van der Waals surface area contributed by atoms with Gasteiger partial charge in [-0.1, -0.05) is 49.4 Å². The summed E-state index contributed by atoms with van der Waals surface area (Å²) in [5.41, 5.74) is 2.71. The molecule has 18 heavy (non-hydrogen) atoms. The van der Waals surface area contributed by atoms with E-state index < -0.39 is 0 Å². The van der Waals surface area contributed by atoms with Crippen molar-refractivity contribution < 1.29 is 4.74 Å². The number of fused-ring (bicyclic) bond motifs is 2. The predicted octanol–water partition coefficient (Wildman–Crippen LogP) is 4.51. The zero-order valence-electron chi connectivity index (χ0n) is 11.6. The molecule has 3 unspecified atom stereocenters. The summed E-state index contributed by atoms with van der Waals surface area (Å²) < 4.78 is 6.46. The molecule has 0 aromatic heterocycles. The maximum Gasteiger partial charge on any atom is 0.0923 e. The topological polar surface area (TPSA) is 9.23 Å². The molecule has 3 rings (SSSR count). The second-order valence-corrected chi connectivity index (χ2v) is 6.55. The van der Waals surface area contributed by atoms with Gasteiger partial charge in [0.25, 0.3) is 0 Å². The largest absolute Gasteiger partial charge is 0.366 e. The summed E-state index contributed by atoms with van der Waals surface area (Å²) in [5.74, 6) is 0.516. The Labute approximate surface area is 110 Å². The zero-order valence-corrected chi connectivity index (χ0v) is 11.6. The molecule has 1 nitrogen and oxygen atoms in total. The van der Waals surface area contributed by atoms with Crippen LogP contribution < -0.4 is 0 Å². The van der Waals surface area contributed by atoms with Gasteiger partial charge >= 0.3 is 0 Å². The van der Waals surface area contributed by atoms with Crippen LogP contribution in [0.15, 0.2) is 42.5 Å². The maximum absolute atomic E-state index is 6.46. The van der Waals surface area contributed by atoms with E-state index in [1.807, 2.05) is 0 Å². The maximum atomic E-state index is 6.46. The van der Waals surface area contributed by atoms with Crippen molar-refractivity contribution in [2.24, 2.45) is 11.3 Å². The van der Waals surface area contributed by atoms with Gasteiger partial charge in [0.2, 0.25) is 0 Å². The molecule has 2 bridgehead atoms. The molecule has 96 valence electrons. The lowest BCUT2D eigenvalue weighted by atomic mass is 9.70. The minimum Gasteiger partial charge on any atom is -0.366 e. The summed E-state index contributed by atoms with van der Waals surface area (Å²) in [7, 11) is 0. The van der Waals surface area contributed by atoms with Crippen LogP contribution in [0.4, 0.5) is 0 Å². The SMILES string of the molecule is C=C1C2CCC1(C)C(c1ccccc1)OC2(C)C. The van der Waals surface area contributed by atoms with Crippen LogP contribution in [0.1, 0.15) is 45.3 Å². The molecule has 1 saturated heterocycles. The van der Waals surface area contributed by atoms with Crippen molar-refractivity contribution in [3.8, 4) is 0 Å². The smallest absolute Gasteiger partial charge is 0.0923 e. The molecule has 0 spiro atoms. The van der Waals surface area contributed by atoms with E-state index in [1.54, 1.807) is 0 Å². The number of rotatable bonds is 1. The standard InChI is InChI=1S/C17H22O/c1-12-14-10-11-17(12,4)15(18-16(14,2)3)13-8-6-5-7-9-13/h5-9,14-15H,1,10-11H2,2-4H3. The molecule has 2 fully saturated rings. The molecule has 3 atom stereocenters. The van der Waals surface area contributed by atoms with Gasteiger partial charge in [-0.05, 0) is 32.3 Å². The normalized spacial score (nSPS) is 37.8. The summed E-state index contributed by atoms with van der Waals surface area (Å²) in [6, 6.07) is 10.6. The molecule has 1 aromatic carbocycles. The van der Waals surface area contributed by atoms with E-state index in [4.69, 9.17) is 4.74 Å². The van der Waals surface area contributed by atoms with Gasteiger partial charge < -0.3 is 4.74 Å². The van der Waals surface area contributed by atoms with E-state index in [9.17, 15) is 0 Å². The van der Waals surface area contributed by atoms with Crippen LogP contribution in [-0.4, -0.2) is 5.60 Å². The fourth-order valence-corrected chi connectivity index (χ4v) is 3.82. The minimum absolute atomic E-state index is 0.0897. The second kappa shape index (κ2) is 3.71. The molecule has 0 amide bonds. The summed E-state index contributed by atoms with van der Waals surface area (Å²) >= 11 is 0. The third-order valence-corrected chi connectivity index (χ3v) is 5.05.